The Morgan fingerprint density at radius 2 is 2.23 bits per heavy atom. The van der Waals surface area contributed by atoms with Crippen LogP contribution >= 0.6 is 0 Å². The van der Waals surface area contributed by atoms with E-state index in [0.717, 1.165) is 0 Å². The third-order valence-electron chi connectivity index (χ3n) is 1.69. The fourth-order valence-corrected chi connectivity index (χ4v) is 0.999. The molecule has 0 saturated heterocycles. The fourth-order valence-electron chi connectivity index (χ4n) is 0.999. The zero-order valence-electron chi connectivity index (χ0n) is 7.52. The molecule has 13 heavy (non-hydrogen) atoms. The minimum Gasteiger partial charge on any atom is -0.495 e. The molecule has 2 nitrogen and oxygen atoms in total. The van der Waals surface area contributed by atoms with Crippen LogP contribution in [0.4, 0.5) is 10.1 Å². The van der Waals surface area contributed by atoms with Crippen molar-refractivity contribution in [3.63, 3.8) is 0 Å². The highest BCUT2D eigenvalue weighted by molar-refractivity contribution is 5.60. The van der Waals surface area contributed by atoms with Gasteiger partial charge in [0.05, 0.1) is 12.8 Å². The maximum absolute atomic E-state index is 13.1. The van der Waals surface area contributed by atoms with Gasteiger partial charge in [-0.1, -0.05) is 6.42 Å². The Labute approximate surface area is 76.7 Å². The monoisotopic (exact) mass is 179 g/mol. The summed E-state index contributed by atoms with van der Waals surface area (Å²) in [7, 11) is 1.51. The second-order valence-corrected chi connectivity index (χ2v) is 2.57. The minimum absolute atomic E-state index is 0.307. The Kier molecular flexibility index (Phi) is 2.76. The molecule has 1 aromatic carbocycles. The molecule has 0 aromatic heterocycles. The van der Waals surface area contributed by atoms with Gasteiger partial charge in [-0.3, -0.25) is 0 Å². The number of anilines is 1. The van der Waals surface area contributed by atoms with Crippen molar-refractivity contribution in [3.05, 3.63) is 23.5 Å². The van der Waals surface area contributed by atoms with Gasteiger partial charge in [0.1, 0.15) is 11.6 Å². The van der Waals surface area contributed by atoms with Gasteiger partial charge in [-0.25, -0.2) is 4.39 Å². The maximum Gasteiger partial charge on any atom is 0.143 e. The van der Waals surface area contributed by atoms with Gasteiger partial charge in [0, 0.05) is 12.1 Å². The van der Waals surface area contributed by atoms with Gasteiger partial charge < -0.3 is 10.1 Å². The third-order valence-corrected chi connectivity index (χ3v) is 1.69. The number of methoxy groups -OCH3 is 1. The quantitative estimate of drug-likeness (QED) is 0.554. The zero-order chi connectivity index (χ0) is 9.84. The molecule has 0 aliphatic carbocycles. The Hall–Kier alpha value is -1.69. The topological polar surface area (TPSA) is 21.3 Å². The summed E-state index contributed by atoms with van der Waals surface area (Å²) in [5.41, 5.74) is 0.993. The number of aryl methyl sites for hydroxylation is 1. The first-order valence-corrected chi connectivity index (χ1v) is 3.74. The van der Waals surface area contributed by atoms with E-state index in [1.807, 2.05) is 0 Å². The van der Waals surface area contributed by atoms with Gasteiger partial charge in [-0.15, -0.1) is 0 Å². The molecule has 0 atom stereocenters. The number of hydrogen-bond acceptors (Lipinski definition) is 2. The number of nitrogens with one attached hydrogen (secondary N) is 1. The van der Waals surface area contributed by atoms with Crippen molar-refractivity contribution in [1.82, 2.24) is 0 Å². The first-order chi connectivity index (χ1) is 6.19. The molecule has 0 unspecified atom stereocenters. The summed E-state index contributed by atoms with van der Waals surface area (Å²) in [6.07, 6.45) is 5.03. The second-order valence-electron chi connectivity index (χ2n) is 2.57. The average molecular weight is 179 g/mol. The van der Waals surface area contributed by atoms with Gasteiger partial charge in [0.2, 0.25) is 0 Å². The lowest BCUT2D eigenvalue weighted by molar-refractivity contribution is 0.415. The first kappa shape index (κ1) is 9.40. The SMILES string of the molecule is C#CNc1cc(F)c(C)cc1OC. The van der Waals surface area contributed by atoms with Crippen LogP contribution in [0.2, 0.25) is 0 Å². The Morgan fingerprint density at radius 1 is 1.54 bits per heavy atom. The summed E-state index contributed by atoms with van der Waals surface area (Å²) < 4.78 is 18.1. The van der Waals surface area contributed by atoms with Crippen LogP contribution in [0, 0.1) is 25.2 Å². The van der Waals surface area contributed by atoms with Crippen molar-refractivity contribution in [1.29, 1.82) is 0 Å². The number of halogens is 1. The van der Waals surface area contributed by atoms with Crippen molar-refractivity contribution in [2.75, 3.05) is 12.4 Å². The molecule has 3 heteroatoms. The van der Waals surface area contributed by atoms with E-state index in [-0.39, 0.29) is 5.82 Å². The summed E-state index contributed by atoms with van der Waals surface area (Å²) in [6.45, 7) is 1.66. The molecular formula is C10H10FNO. The number of ether oxygens (including phenoxy) is 1. The number of rotatable bonds is 2. The van der Waals surface area contributed by atoms with Gasteiger partial charge in [0.25, 0.3) is 0 Å². The van der Waals surface area contributed by atoms with Gasteiger partial charge in [0.15, 0.2) is 0 Å². The minimum atomic E-state index is -0.307. The van der Waals surface area contributed by atoms with E-state index in [2.05, 4.69) is 11.4 Å². The molecular weight excluding hydrogens is 169 g/mol. The summed E-state index contributed by atoms with van der Waals surface area (Å²) >= 11 is 0. The van der Waals surface area contributed by atoms with Crippen molar-refractivity contribution >= 4 is 5.69 Å². The van der Waals surface area contributed by atoms with Crippen molar-refractivity contribution < 1.29 is 9.13 Å². The van der Waals surface area contributed by atoms with Crippen molar-refractivity contribution in [2.45, 2.75) is 6.92 Å². The predicted octanol–water partition coefficient (Wildman–Crippen LogP) is 2.15. The number of benzene rings is 1. The lowest BCUT2D eigenvalue weighted by Crippen LogP contribution is -1.95. The standard InChI is InChI=1S/C10H10FNO/c1-4-12-9-6-8(11)7(2)5-10(9)13-3/h1,5-6,12H,2-3H3. The molecule has 0 amide bonds. The second kappa shape index (κ2) is 3.81. The van der Waals surface area contributed by atoms with Crippen molar-refractivity contribution in [3.8, 4) is 18.2 Å². The van der Waals surface area contributed by atoms with Crippen LogP contribution in [-0.4, -0.2) is 7.11 Å². The van der Waals surface area contributed by atoms with Crippen LogP contribution in [-0.2, 0) is 0 Å². The van der Waals surface area contributed by atoms with E-state index in [0.29, 0.717) is 17.0 Å². The maximum atomic E-state index is 13.1. The average Bonchev–Trinajstić information content (AvgIpc) is 2.11. The lowest BCUT2D eigenvalue weighted by atomic mass is 10.2. The Bertz CT molecular complexity index is 355. The fraction of sp³-hybridized carbons (Fsp3) is 0.200. The van der Waals surface area contributed by atoms with E-state index in [9.17, 15) is 4.39 Å². The van der Waals surface area contributed by atoms with Crippen LogP contribution in [0.25, 0.3) is 0 Å². The normalized spacial score (nSPS) is 9.08. The molecule has 0 heterocycles. The van der Waals surface area contributed by atoms with E-state index in [4.69, 9.17) is 11.2 Å². The first-order valence-electron chi connectivity index (χ1n) is 3.74. The van der Waals surface area contributed by atoms with Gasteiger partial charge in [-0.05, 0) is 18.6 Å². The summed E-state index contributed by atoms with van der Waals surface area (Å²) in [4.78, 5) is 0. The Morgan fingerprint density at radius 3 is 2.77 bits per heavy atom. The molecule has 0 saturated carbocycles. The summed E-state index contributed by atoms with van der Waals surface area (Å²) in [5.74, 6) is 0.232. The smallest absolute Gasteiger partial charge is 0.143 e. The summed E-state index contributed by atoms with van der Waals surface area (Å²) in [5, 5.41) is 2.56. The van der Waals surface area contributed by atoms with Gasteiger partial charge in [-0.2, -0.15) is 0 Å². The summed E-state index contributed by atoms with van der Waals surface area (Å²) in [6, 6.07) is 5.11. The molecule has 0 aliphatic rings. The highest BCUT2D eigenvalue weighted by atomic mass is 19.1. The lowest BCUT2D eigenvalue weighted by Gasteiger charge is -2.08. The molecule has 0 spiro atoms. The largest absolute Gasteiger partial charge is 0.495 e. The van der Waals surface area contributed by atoms with Crippen LogP contribution in [0.1, 0.15) is 5.56 Å². The third kappa shape index (κ3) is 1.91. The van der Waals surface area contributed by atoms with E-state index in [1.54, 1.807) is 13.0 Å². The molecule has 0 radical (unpaired) electrons. The molecule has 68 valence electrons. The van der Waals surface area contributed by atoms with Crippen molar-refractivity contribution in [2.24, 2.45) is 0 Å². The number of hydrogen-bond donors (Lipinski definition) is 1. The zero-order valence-corrected chi connectivity index (χ0v) is 7.52. The number of terminal acetylenes is 1. The molecule has 0 bridgehead atoms. The molecule has 1 N–H and O–H groups in total. The molecule has 0 aliphatic heterocycles. The van der Waals surface area contributed by atoms with E-state index < -0.39 is 0 Å². The van der Waals surface area contributed by atoms with Crippen LogP contribution in [0.15, 0.2) is 12.1 Å². The highest BCUT2D eigenvalue weighted by Crippen LogP contribution is 2.26. The van der Waals surface area contributed by atoms with Crippen LogP contribution < -0.4 is 10.1 Å². The van der Waals surface area contributed by atoms with Crippen LogP contribution in [0.3, 0.4) is 0 Å². The van der Waals surface area contributed by atoms with E-state index >= 15 is 0 Å². The molecule has 1 aromatic rings. The van der Waals surface area contributed by atoms with Gasteiger partial charge >= 0.3 is 0 Å². The Balaban J connectivity index is 3.18. The highest BCUT2D eigenvalue weighted by Gasteiger charge is 2.06. The predicted molar refractivity (Wildman–Crippen MR) is 50.1 cm³/mol. The molecule has 0 fully saturated rings. The molecule has 1 rings (SSSR count). The van der Waals surface area contributed by atoms with E-state index in [1.165, 1.54) is 13.2 Å². The van der Waals surface area contributed by atoms with Crippen LogP contribution in [0.5, 0.6) is 5.75 Å².